The molecule has 88 valence electrons. The number of carboxylic acid groups (broad SMARTS) is 1. The van der Waals surface area contributed by atoms with Crippen molar-refractivity contribution in [2.24, 2.45) is 0 Å². The standard InChI is InChI=1S/C9H8ClN5O2/c1-11-5-2-6(10)8(12-3-5)15-13-4-7(14-15)9(16)17/h2-4,11H,1H3,(H,16,17). The average Bonchev–Trinajstić information content (AvgIpc) is 2.78. The summed E-state index contributed by atoms with van der Waals surface area (Å²) in [7, 11) is 1.74. The molecule has 7 nitrogen and oxygen atoms in total. The molecule has 2 N–H and O–H groups in total. The van der Waals surface area contributed by atoms with Crippen LogP contribution in [0.3, 0.4) is 0 Å². The number of carboxylic acids is 1. The number of nitrogens with zero attached hydrogens (tertiary/aromatic N) is 4. The van der Waals surface area contributed by atoms with Gasteiger partial charge in [-0.1, -0.05) is 11.6 Å². The van der Waals surface area contributed by atoms with Gasteiger partial charge in [0.25, 0.3) is 0 Å². The van der Waals surface area contributed by atoms with E-state index < -0.39 is 5.97 Å². The maximum Gasteiger partial charge on any atom is 0.358 e. The van der Waals surface area contributed by atoms with Crippen molar-refractivity contribution in [1.82, 2.24) is 20.0 Å². The fourth-order valence-electron chi connectivity index (χ4n) is 1.18. The maximum absolute atomic E-state index is 10.7. The molecule has 0 saturated carbocycles. The summed E-state index contributed by atoms with van der Waals surface area (Å²) >= 11 is 5.98. The van der Waals surface area contributed by atoms with Crippen molar-refractivity contribution in [3.05, 3.63) is 29.2 Å². The van der Waals surface area contributed by atoms with Gasteiger partial charge in [-0.2, -0.15) is 5.10 Å². The zero-order chi connectivity index (χ0) is 12.4. The first-order valence-corrected chi connectivity index (χ1v) is 4.99. The van der Waals surface area contributed by atoms with Crippen molar-refractivity contribution in [2.75, 3.05) is 12.4 Å². The van der Waals surface area contributed by atoms with Crippen LogP contribution in [0.5, 0.6) is 0 Å². The summed E-state index contributed by atoms with van der Waals surface area (Å²) in [5, 5.41) is 19.4. The molecule has 0 bridgehead atoms. The first-order chi connectivity index (χ1) is 8.11. The zero-order valence-corrected chi connectivity index (χ0v) is 9.51. The van der Waals surface area contributed by atoms with E-state index in [0.717, 1.165) is 16.7 Å². The molecule has 0 amide bonds. The molecule has 2 aromatic heterocycles. The van der Waals surface area contributed by atoms with Gasteiger partial charge in [-0.3, -0.25) is 0 Å². The molecule has 0 aromatic carbocycles. The summed E-state index contributed by atoms with van der Waals surface area (Å²) in [5.41, 5.74) is 0.574. The molecular formula is C9H8ClN5O2. The van der Waals surface area contributed by atoms with Gasteiger partial charge in [0.1, 0.15) is 0 Å². The summed E-state index contributed by atoms with van der Waals surface area (Å²) in [6.45, 7) is 0. The minimum atomic E-state index is -1.15. The van der Waals surface area contributed by atoms with Crippen LogP contribution in [0.2, 0.25) is 5.02 Å². The Bertz CT molecular complexity index is 568. The highest BCUT2D eigenvalue weighted by Crippen LogP contribution is 2.20. The van der Waals surface area contributed by atoms with Gasteiger partial charge in [0.05, 0.1) is 23.1 Å². The second-order valence-electron chi connectivity index (χ2n) is 3.10. The van der Waals surface area contributed by atoms with E-state index in [2.05, 4.69) is 20.5 Å². The lowest BCUT2D eigenvalue weighted by molar-refractivity contribution is 0.0690. The molecule has 0 spiro atoms. The quantitative estimate of drug-likeness (QED) is 0.849. The second-order valence-corrected chi connectivity index (χ2v) is 3.51. The number of aromatic carboxylic acids is 1. The Balaban J connectivity index is 2.42. The highest BCUT2D eigenvalue weighted by molar-refractivity contribution is 6.32. The Morgan fingerprint density at radius 1 is 1.53 bits per heavy atom. The summed E-state index contributed by atoms with van der Waals surface area (Å²) in [6, 6.07) is 1.65. The zero-order valence-electron chi connectivity index (χ0n) is 8.75. The number of halogens is 1. The van der Waals surface area contributed by atoms with E-state index in [0.29, 0.717) is 5.02 Å². The lowest BCUT2D eigenvalue weighted by Crippen LogP contribution is -2.05. The van der Waals surface area contributed by atoms with Gasteiger partial charge in [-0.05, 0) is 6.07 Å². The van der Waals surface area contributed by atoms with Crippen molar-refractivity contribution >= 4 is 23.3 Å². The molecule has 0 fully saturated rings. The van der Waals surface area contributed by atoms with Gasteiger partial charge in [-0.25, -0.2) is 9.78 Å². The number of carbonyl (C=O) groups is 1. The molecule has 0 atom stereocenters. The predicted octanol–water partition coefficient (Wildman–Crippen LogP) is 1.06. The van der Waals surface area contributed by atoms with E-state index in [1.807, 2.05) is 0 Å². The number of pyridine rings is 1. The van der Waals surface area contributed by atoms with E-state index >= 15 is 0 Å². The van der Waals surface area contributed by atoms with E-state index in [1.54, 1.807) is 19.3 Å². The van der Waals surface area contributed by atoms with Crippen LogP contribution in [-0.2, 0) is 0 Å². The Labute approximate surface area is 101 Å². The van der Waals surface area contributed by atoms with Crippen LogP contribution >= 0.6 is 11.6 Å². The third-order valence-electron chi connectivity index (χ3n) is 2.01. The molecule has 0 aliphatic rings. The highest BCUT2D eigenvalue weighted by atomic mass is 35.5. The summed E-state index contributed by atoms with van der Waals surface area (Å²) in [4.78, 5) is 15.8. The van der Waals surface area contributed by atoms with E-state index in [4.69, 9.17) is 16.7 Å². The maximum atomic E-state index is 10.7. The van der Waals surface area contributed by atoms with E-state index in [-0.39, 0.29) is 11.5 Å². The van der Waals surface area contributed by atoms with E-state index in [1.165, 1.54) is 0 Å². The Morgan fingerprint density at radius 2 is 2.29 bits per heavy atom. The molecule has 0 unspecified atom stereocenters. The van der Waals surface area contributed by atoms with Crippen molar-refractivity contribution in [3.8, 4) is 5.82 Å². The summed E-state index contributed by atoms with van der Waals surface area (Å²) < 4.78 is 0. The first-order valence-electron chi connectivity index (χ1n) is 4.61. The predicted molar refractivity (Wildman–Crippen MR) is 60.7 cm³/mol. The largest absolute Gasteiger partial charge is 0.476 e. The minimum absolute atomic E-state index is 0.166. The second kappa shape index (κ2) is 4.38. The smallest absolute Gasteiger partial charge is 0.358 e. The van der Waals surface area contributed by atoms with E-state index in [9.17, 15) is 4.79 Å². The van der Waals surface area contributed by atoms with Gasteiger partial charge in [0.2, 0.25) is 0 Å². The SMILES string of the molecule is CNc1cnc(-n2ncc(C(=O)O)n2)c(Cl)c1. The van der Waals surface area contributed by atoms with Gasteiger partial charge < -0.3 is 10.4 Å². The molecular weight excluding hydrogens is 246 g/mol. The number of anilines is 1. The Morgan fingerprint density at radius 3 is 2.82 bits per heavy atom. The number of nitrogens with one attached hydrogen (secondary N) is 1. The molecule has 2 aromatic rings. The molecule has 0 saturated heterocycles. The van der Waals surface area contributed by atoms with Crippen LogP contribution in [0.25, 0.3) is 5.82 Å². The lowest BCUT2D eigenvalue weighted by atomic mass is 10.4. The van der Waals surface area contributed by atoms with Crippen LogP contribution in [0.15, 0.2) is 18.5 Å². The normalized spacial score (nSPS) is 10.2. The number of hydrogen-bond donors (Lipinski definition) is 2. The third kappa shape index (κ3) is 2.18. The lowest BCUT2D eigenvalue weighted by Gasteiger charge is -2.04. The van der Waals surface area contributed by atoms with Gasteiger partial charge in [0, 0.05) is 7.05 Å². The van der Waals surface area contributed by atoms with Crippen molar-refractivity contribution < 1.29 is 9.90 Å². The molecule has 2 rings (SSSR count). The number of rotatable bonds is 3. The fourth-order valence-corrected chi connectivity index (χ4v) is 1.42. The average molecular weight is 254 g/mol. The summed E-state index contributed by atoms with van der Waals surface area (Å²) in [5.74, 6) is -0.877. The first kappa shape index (κ1) is 11.3. The van der Waals surface area contributed by atoms with Gasteiger partial charge in [0.15, 0.2) is 11.5 Å². The van der Waals surface area contributed by atoms with Crippen molar-refractivity contribution in [2.45, 2.75) is 0 Å². The molecule has 8 heteroatoms. The molecule has 0 radical (unpaired) electrons. The highest BCUT2D eigenvalue weighted by Gasteiger charge is 2.12. The number of aromatic nitrogens is 4. The minimum Gasteiger partial charge on any atom is -0.476 e. The molecule has 0 aliphatic heterocycles. The fraction of sp³-hybridized carbons (Fsp3) is 0.111. The monoisotopic (exact) mass is 253 g/mol. The molecule has 17 heavy (non-hydrogen) atoms. The molecule has 0 aliphatic carbocycles. The Hall–Kier alpha value is -2.15. The number of hydrogen-bond acceptors (Lipinski definition) is 5. The topological polar surface area (TPSA) is 92.9 Å². The van der Waals surface area contributed by atoms with Crippen LogP contribution in [0.4, 0.5) is 5.69 Å². The van der Waals surface area contributed by atoms with Crippen molar-refractivity contribution in [1.29, 1.82) is 0 Å². The van der Waals surface area contributed by atoms with Crippen LogP contribution in [-0.4, -0.2) is 38.1 Å². The Kier molecular flexibility index (Phi) is 2.92. The van der Waals surface area contributed by atoms with Crippen molar-refractivity contribution in [3.63, 3.8) is 0 Å². The van der Waals surface area contributed by atoms with Crippen LogP contribution < -0.4 is 5.32 Å². The summed E-state index contributed by atoms with van der Waals surface area (Å²) in [6.07, 6.45) is 2.68. The molecule has 2 heterocycles. The van der Waals surface area contributed by atoms with Crippen LogP contribution in [0.1, 0.15) is 10.5 Å². The van der Waals surface area contributed by atoms with Gasteiger partial charge in [-0.15, -0.1) is 9.90 Å². The van der Waals surface area contributed by atoms with Gasteiger partial charge >= 0.3 is 5.97 Å². The van der Waals surface area contributed by atoms with Crippen LogP contribution in [0, 0.1) is 0 Å². The third-order valence-corrected chi connectivity index (χ3v) is 2.29.